The summed E-state index contributed by atoms with van der Waals surface area (Å²) in [4.78, 5) is 18.9. The molecule has 1 atom stereocenters. The van der Waals surface area contributed by atoms with Gasteiger partial charge in [0.2, 0.25) is 0 Å². The van der Waals surface area contributed by atoms with Gasteiger partial charge in [0.05, 0.1) is 35.5 Å². The number of amides is 2. The van der Waals surface area contributed by atoms with E-state index in [9.17, 15) is 4.79 Å². The maximum absolute atomic E-state index is 12.3. The van der Waals surface area contributed by atoms with Crippen LogP contribution in [-0.4, -0.2) is 64.6 Å². The van der Waals surface area contributed by atoms with Gasteiger partial charge in [0, 0.05) is 55.8 Å². The molecule has 2 aromatic heterocycles. The Balaban J connectivity index is 1.26. The highest BCUT2D eigenvalue weighted by atomic mass is 16.5. The summed E-state index contributed by atoms with van der Waals surface area (Å²) in [6.45, 7) is 5.50. The highest BCUT2D eigenvalue weighted by Crippen LogP contribution is 2.41. The summed E-state index contributed by atoms with van der Waals surface area (Å²) in [6, 6.07) is 10.3. The van der Waals surface area contributed by atoms with Gasteiger partial charge in [0.1, 0.15) is 11.9 Å². The van der Waals surface area contributed by atoms with Crippen molar-refractivity contribution in [2.24, 2.45) is 0 Å². The first-order valence-electron chi connectivity index (χ1n) is 12.1. The highest BCUT2D eigenvalue weighted by Gasteiger charge is 2.44. The molecule has 1 unspecified atom stereocenters. The molecular weight excluding hydrogens is 430 g/mol. The molecule has 6 rings (SSSR count). The van der Waals surface area contributed by atoms with Crippen LogP contribution >= 0.6 is 0 Å². The molecule has 0 radical (unpaired) electrons. The second-order valence-electron chi connectivity index (χ2n) is 9.35. The van der Waals surface area contributed by atoms with Gasteiger partial charge in [-0.15, -0.1) is 0 Å². The Kier molecular flexibility index (Phi) is 5.25. The second-order valence-corrected chi connectivity index (χ2v) is 9.35. The Morgan fingerprint density at radius 1 is 1.26 bits per heavy atom. The fourth-order valence-electron chi connectivity index (χ4n) is 5.24. The van der Waals surface area contributed by atoms with Crippen molar-refractivity contribution < 1.29 is 14.3 Å². The van der Waals surface area contributed by atoms with Crippen LogP contribution in [0.1, 0.15) is 31.9 Å². The summed E-state index contributed by atoms with van der Waals surface area (Å²) in [6.07, 6.45) is 9.03. The fourth-order valence-corrected chi connectivity index (χ4v) is 5.24. The van der Waals surface area contributed by atoms with Crippen LogP contribution in [0.25, 0.3) is 28.4 Å². The van der Waals surface area contributed by atoms with Crippen molar-refractivity contribution in [3.63, 3.8) is 0 Å². The van der Waals surface area contributed by atoms with Crippen LogP contribution in [0.4, 0.5) is 4.79 Å². The van der Waals surface area contributed by atoms with E-state index in [0.717, 1.165) is 72.6 Å². The summed E-state index contributed by atoms with van der Waals surface area (Å²) in [7, 11) is 0. The number of pyridine rings is 1. The van der Waals surface area contributed by atoms with Crippen LogP contribution in [0.15, 0.2) is 42.6 Å². The molecule has 2 amide bonds. The quantitative estimate of drug-likeness (QED) is 0.642. The van der Waals surface area contributed by atoms with Crippen molar-refractivity contribution in [3.8, 4) is 17.0 Å². The average Bonchev–Trinajstić information content (AvgIpc) is 3.56. The predicted octanol–water partition coefficient (Wildman–Crippen LogP) is 3.81. The van der Waals surface area contributed by atoms with Crippen LogP contribution in [0, 0.1) is 0 Å². The number of nitrogens with zero attached hydrogens (tertiary/aromatic N) is 4. The smallest absolute Gasteiger partial charge is 0.317 e. The molecule has 2 fully saturated rings. The number of benzene rings is 1. The lowest BCUT2D eigenvalue weighted by Gasteiger charge is -2.23. The number of fused-ring (bicyclic) bond motifs is 3. The molecule has 176 valence electrons. The molecular formula is C26H29N5O3. The third kappa shape index (κ3) is 3.72. The zero-order valence-electron chi connectivity index (χ0n) is 19.4. The molecule has 8 heteroatoms. The van der Waals surface area contributed by atoms with E-state index in [1.807, 2.05) is 41.0 Å². The molecule has 1 aromatic carbocycles. The third-order valence-electron chi connectivity index (χ3n) is 7.12. The summed E-state index contributed by atoms with van der Waals surface area (Å²) in [5, 5.41) is 8.78. The van der Waals surface area contributed by atoms with E-state index < -0.39 is 0 Å². The number of nitrogens with one attached hydrogen (secondary N) is 1. The minimum atomic E-state index is -0.175. The van der Waals surface area contributed by atoms with Crippen molar-refractivity contribution in [2.75, 3.05) is 32.8 Å². The molecule has 0 bridgehead atoms. The molecule has 8 nitrogen and oxygen atoms in total. The van der Waals surface area contributed by atoms with E-state index in [1.165, 1.54) is 0 Å². The van der Waals surface area contributed by atoms with Gasteiger partial charge < -0.3 is 19.7 Å². The number of hydrogen-bond donors (Lipinski definition) is 1. The minimum absolute atomic E-state index is 0.00321. The zero-order chi connectivity index (χ0) is 23.1. The largest absolute Gasteiger partial charge is 0.490 e. The first kappa shape index (κ1) is 21.2. The molecule has 5 heterocycles. The first-order valence-corrected chi connectivity index (χ1v) is 12.1. The van der Waals surface area contributed by atoms with Crippen molar-refractivity contribution in [1.82, 2.24) is 25.0 Å². The Labute approximate surface area is 198 Å². The van der Waals surface area contributed by atoms with Crippen molar-refractivity contribution in [1.29, 1.82) is 0 Å². The molecule has 0 aliphatic carbocycles. The number of aromatic nitrogens is 3. The lowest BCUT2D eigenvalue weighted by atomic mass is 9.84. The van der Waals surface area contributed by atoms with Gasteiger partial charge in [-0.2, -0.15) is 5.10 Å². The molecule has 3 aliphatic rings. The van der Waals surface area contributed by atoms with E-state index in [1.54, 1.807) is 0 Å². The molecule has 34 heavy (non-hydrogen) atoms. The monoisotopic (exact) mass is 459 g/mol. The number of urea groups is 1. The van der Waals surface area contributed by atoms with E-state index in [4.69, 9.17) is 14.6 Å². The van der Waals surface area contributed by atoms with Crippen molar-refractivity contribution >= 4 is 23.1 Å². The Morgan fingerprint density at radius 3 is 3.00 bits per heavy atom. The normalized spacial score (nSPS) is 22.0. The SMILES string of the molecule is CCNC(=O)N1CCC2(C=Cn3nc(-c4cnc5ccc(OC6CCOCC6)cc5c4)cc32)C1. The second kappa shape index (κ2) is 8.43. The van der Waals surface area contributed by atoms with E-state index >= 15 is 0 Å². The summed E-state index contributed by atoms with van der Waals surface area (Å²) in [5.41, 5.74) is 3.75. The van der Waals surface area contributed by atoms with Gasteiger partial charge in [-0.1, -0.05) is 6.08 Å². The van der Waals surface area contributed by atoms with Gasteiger partial charge in [-0.3, -0.25) is 4.98 Å². The van der Waals surface area contributed by atoms with Gasteiger partial charge >= 0.3 is 6.03 Å². The van der Waals surface area contributed by atoms with E-state index in [0.29, 0.717) is 13.1 Å². The Bertz CT molecular complexity index is 1260. The molecule has 2 saturated heterocycles. The molecule has 3 aromatic rings. The van der Waals surface area contributed by atoms with Crippen LogP contribution < -0.4 is 10.1 Å². The number of carbonyl (C=O) groups excluding carboxylic acids is 1. The predicted molar refractivity (Wildman–Crippen MR) is 130 cm³/mol. The van der Waals surface area contributed by atoms with Gasteiger partial charge in [-0.05, 0) is 43.7 Å². The molecule has 3 aliphatic heterocycles. The first-order chi connectivity index (χ1) is 16.6. The zero-order valence-corrected chi connectivity index (χ0v) is 19.4. The fraction of sp³-hybridized carbons (Fsp3) is 0.423. The summed E-state index contributed by atoms with van der Waals surface area (Å²) < 4.78 is 13.6. The van der Waals surface area contributed by atoms with Gasteiger partial charge in [0.15, 0.2) is 0 Å². The van der Waals surface area contributed by atoms with Crippen LogP contribution in [0.2, 0.25) is 0 Å². The Hall–Kier alpha value is -3.39. The maximum Gasteiger partial charge on any atom is 0.317 e. The third-order valence-corrected chi connectivity index (χ3v) is 7.12. The maximum atomic E-state index is 12.3. The molecule has 1 spiro atoms. The Morgan fingerprint density at radius 2 is 2.15 bits per heavy atom. The number of rotatable bonds is 4. The minimum Gasteiger partial charge on any atom is -0.490 e. The average molecular weight is 460 g/mol. The van der Waals surface area contributed by atoms with E-state index in [2.05, 4.69) is 34.6 Å². The van der Waals surface area contributed by atoms with Crippen molar-refractivity contribution in [3.05, 3.63) is 48.3 Å². The molecule has 1 N–H and O–H groups in total. The number of likely N-dealkylation sites (tertiary alicyclic amines) is 1. The van der Waals surface area contributed by atoms with Gasteiger partial charge in [0.25, 0.3) is 0 Å². The lowest BCUT2D eigenvalue weighted by molar-refractivity contribution is 0.0256. The van der Waals surface area contributed by atoms with Crippen LogP contribution in [0.5, 0.6) is 5.75 Å². The topological polar surface area (TPSA) is 81.5 Å². The van der Waals surface area contributed by atoms with Gasteiger partial charge in [-0.25, -0.2) is 9.48 Å². The van der Waals surface area contributed by atoms with E-state index in [-0.39, 0.29) is 17.6 Å². The van der Waals surface area contributed by atoms with Crippen LogP contribution in [-0.2, 0) is 10.2 Å². The lowest BCUT2D eigenvalue weighted by Crippen LogP contribution is -2.40. The number of carbonyl (C=O) groups is 1. The summed E-state index contributed by atoms with van der Waals surface area (Å²) >= 11 is 0. The van der Waals surface area contributed by atoms with Crippen LogP contribution in [0.3, 0.4) is 0 Å². The highest BCUT2D eigenvalue weighted by molar-refractivity contribution is 5.84. The standard InChI is InChI=1S/C26H29N5O3/c1-2-27-25(32)30-9-7-26(17-30)8-10-31-24(26)15-23(29-31)19-13-18-14-21(3-4-22(18)28-16-19)34-20-5-11-33-12-6-20/h3-4,8,10,13-16,20H,2,5-7,9,11-12,17H2,1H3,(H,27,32). The summed E-state index contributed by atoms with van der Waals surface area (Å²) in [5.74, 6) is 0.865. The number of ether oxygens (including phenoxy) is 2. The number of hydrogen-bond acceptors (Lipinski definition) is 5. The van der Waals surface area contributed by atoms with Crippen molar-refractivity contribution in [2.45, 2.75) is 37.7 Å². The molecule has 0 saturated carbocycles.